The zero-order valence-electron chi connectivity index (χ0n) is 8.59. The number of rotatable bonds is 6. The smallest absolute Gasteiger partial charge is 0.0885 e. The Morgan fingerprint density at radius 2 is 2.38 bits per heavy atom. The lowest BCUT2D eigenvalue weighted by molar-refractivity contribution is 0.241. The summed E-state index contributed by atoms with van der Waals surface area (Å²) in [6.07, 6.45) is 6.72. The molecule has 13 heavy (non-hydrogen) atoms. The van der Waals surface area contributed by atoms with Crippen molar-refractivity contribution >= 4 is 0 Å². The van der Waals surface area contributed by atoms with E-state index in [-0.39, 0.29) is 0 Å². The van der Waals surface area contributed by atoms with Gasteiger partial charge < -0.3 is 10.1 Å². The average Bonchev–Trinajstić information content (AvgIpc) is 2.52. The molecule has 0 bridgehead atoms. The second kappa shape index (κ2) is 6.03. The fraction of sp³-hybridized carbons (Fsp3) is 0.818. The number of hydrogen-bond donors (Lipinski definition) is 1. The lowest BCUT2D eigenvalue weighted by atomic mass is 10.1. The summed E-state index contributed by atoms with van der Waals surface area (Å²) in [6, 6.07) is 0.753. The van der Waals surface area contributed by atoms with Gasteiger partial charge in [0.2, 0.25) is 0 Å². The molecule has 0 aromatic rings. The fourth-order valence-corrected chi connectivity index (χ4v) is 1.97. The molecule has 1 N–H and O–H groups in total. The van der Waals surface area contributed by atoms with Crippen molar-refractivity contribution in [2.75, 3.05) is 13.2 Å². The molecule has 1 fully saturated rings. The van der Waals surface area contributed by atoms with Crippen LogP contribution in [0.3, 0.4) is 0 Å². The summed E-state index contributed by atoms with van der Waals surface area (Å²) < 4.78 is 5.05. The van der Waals surface area contributed by atoms with E-state index in [0.717, 1.165) is 31.5 Å². The van der Waals surface area contributed by atoms with E-state index in [9.17, 15) is 0 Å². The molecule has 0 aromatic carbocycles. The molecule has 1 rings (SSSR count). The number of ether oxygens (including phenoxy) is 1. The van der Waals surface area contributed by atoms with Gasteiger partial charge in [-0.05, 0) is 31.7 Å². The highest BCUT2D eigenvalue weighted by Gasteiger charge is 2.21. The Labute approximate surface area is 81.4 Å². The zero-order chi connectivity index (χ0) is 9.52. The topological polar surface area (TPSA) is 21.3 Å². The lowest BCUT2D eigenvalue weighted by Crippen LogP contribution is -2.32. The van der Waals surface area contributed by atoms with E-state index in [1.165, 1.54) is 25.5 Å². The summed E-state index contributed by atoms with van der Waals surface area (Å²) in [5, 5.41) is 3.58. The van der Waals surface area contributed by atoms with Crippen LogP contribution in [-0.2, 0) is 4.74 Å². The largest absolute Gasteiger partial charge is 0.502 e. The Hall–Kier alpha value is -0.500. The average molecular weight is 183 g/mol. The van der Waals surface area contributed by atoms with Crippen molar-refractivity contribution in [3.63, 3.8) is 0 Å². The summed E-state index contributed by atoms with van der Waals surface area (Å²) in [5.74, 6) is 0.861. The molecular formula is C11H21NO. The van der Waals surface area contributed by atoms with E-state index < -0.39 is 0 Å². The third-order valence-corrected chi connectivity index (χ3v) is 2.82. The van der Waals surface area contributed by atoms with Gasteiger partial charge in [-0.2, -0.15) is 0 Å². The second-order valence-corrected chi connectivity index (χ2v) is 3.86. The maximum absolute atomic E-state index is 5.05. The zero-order valence-corrected chi connectivity index (χ0v) is 8.59. The summed E-state index contributed by atoms with van der Waals surface area (Å²) >= 11 is 0. The van der Waals surface area contributed by atoms with Crippen molar-refractivity contribution in [2.24, 2.45) is 5.92 Å². The monoisotopic (exact) mass is 183 g/mol. The maximum Gasteiger partial charge on any atom is 0.0885 e. The van der Waals surface area contributed by atoms with Crippen molar-refractivity contribution in [2.45, 2.75) is 38.6 Å². The molecule has 2 heteroatoms. The van der Waals surface area contributed by atoms with E-state index >= 15 is 0 Å². The molecule has 2 unspecified atom stereocenters. The Morgan fingerprint density at radius 3 is 3.00 bits per heavy atom. The van der Waals surface area contributed by atoms with Gasteiger partial charge in [-0.1, -0.05) is 19.9 Å². The molecule has 0 aromatic heterocycles. The first kappa shape index (κ1) is 10.6. The van der Waals surface area contributed by atoms with Gasteiger partial charge in [0, 0.05) is 6.04 Å². The summed E-state index contributed by atoms with van der Waals surface area (Å²) in [6.45, 7) is 7.70. The van der Waals surface area contributed by atoms with Crippen molar-refractivity contribution in [1.82, 2.24) is 5.32 Å². The standard InChI is InChI=1S/C11H21NO/c1-3-13-9-5-8-12-11-7-4-6-10(11)2/h3,10-12H,1,4-9H2,2H3. The SMILES string of the molecule is C=COCCCNC1CCCC1C. The minimum atomic E-state index is 0.753. The molecule has 76 valence electrons. The Morgan fingerprint density at radius 1 is 1.54 bits per heavy atom. The summed E-state index contributed by atoms with van der Waals surface area (Å²) in [4.78, 5) is 0. The molecule has 0 aliphatic heterocycles. The van der Waals surface area contributed by atoms with Crippen LogP contribution in [0.15, 0.2) is 12.8 Å². The highest BCUT2D eigenvalue weighted by atomic mass is 16.5. The van der Waals surface area contributed by atoms with Crippen LogP contribution in [0.4, 0.5) is 0 Å². The van der Waals surface area contributed by atoms with E-state index in [1.54, 1.807) is 0 Å². The molecule has 2 nitrogen and oxygen atoms in total. The van der Waals surface area contributed by atoms with Gasteiger partial charge in [0.1, 0.15) is 0 Å². The third-order valence-electron chi connectivity index (χ3n) is 2.82. The van der Waals surface area contributed by atoms with Crippen LogP contribution in [0.25, 0.3) is 0 Å². The first-order valence-electron chi connectivity index (χ1n) is 5.30. The lowest BCUT2D eigenvalue weighted by Gasteiger charge is -2.16. The molecule has 0 heterocycles. The molecule has 1 aliphatic rings. The van der Waals surface area contributed by atoms with Gasteiger partial charge in [-0.25, -0.2) is 0 Å². The molecule has 1 aliphatic carbocycles. The molecule has 0 saturated heterocycles. The minimum absolute atomic E-state index is 0.753. The van der Waals surface area contributed by atoms with Gasteiger partial charge in [0.15, 0.2) is 0 Å². The third kappa shape index (κ3) is 3.81. The normalized spacial score (nSPS) is 27.5. The van der Waals surface area contributed by atoms with Crippen molar-refractivity contribution in [1.29, 1.82) is 0 Å². The van der Waals surface area contributed by atoms with Crippen molar-refractivity contribution in [3.8, 4) is 0 Å². The first-order valence-corrected chi connectivity index (χ1v) is 5.30. The van der Waals surface area contributed by atoms with Crippen LogP contribution in [0, 0.1) is 5.92 Å². The van der Waals surface area contributed by atoms with Crippen LogP contribution in [0.2, 0.25) is 0 Å². The van der Waals surface area contributed by atoms with Crippen LogP contribution in [0.1, 0.15) is 32.6 Å². The predicted octanol–water partition coefficient (Wildman–Crippen LogP) is 2.31. The molecule has 2 atom stereocenters. The predicted molar refractivity (Wildman–Crippen MR) is 55.6 cm³/mol. The van der Waals surface area contributed by atoms with Crippen LogP contribution in [0.5, 0.6) is 0 Å². The second-order valence-electron chi connectivity index (χ2n) is 3.86. The molecule has 1 saturated carbocycles. The summed E-state index contributed by atoms with van der Waals surface area (Å²) in [7, 11) is 0. The van der Waals surface area contributed by atoms with E-state index in [1.807, 2.05) is 0 Å². The Kier molecular flexibility index (Phi) is 4.91. The molecule has 0 amide bonds. The fourth-order valence-electron chi connectivity index (χ4n) is 1.97. The van der Waals surface area contributed by atoms with Gasteiger partial charge in [0.05, 0.1) is 12.9 Å². The van der Waals surface area contributed by atoms with Crippen LogP contribution < -0.4 is 5.32 Å². The number of nitrogens with one attached hydrogen (secondary N) is 1. The Balaban J connectivity index is 1.95. The molecular weight excluding hydrogens is 162 g/mol. The first-order chi connectivity index (χ1) is 6.34. The van der Waals surface area contributed by atoms with Crippen molar-refractivity contribution in [3.05, 3.63) is 12.8 Å². The van der Waals surface area contributed by atoms with E-state index in [0.29, 0.717) is 0 Å². The highest BCUT2D eigenvalue weighted by Crippen LogP contribution is 2.24. The maximum atomic E-state index is 5.05. The summed E-state index contributed by atoms with van der Waals surface area (Å²) in [5.41, 5.74) is 0. The van der Waals surface area contributed by atoms with Crippen molar-refractivity contribution < 1.29 is 4.74 Å². The minimum Gasteiger partial charge on any atom is -0.502 e. The van der Waals surface area contributed by atoms with Gasteiger partial charge in [-0.15, -0.1) is 0 Å². The van der Waals surface area contributed by atoms with Crippen LogP contribution >= 0.6 is 0 Å². The number of hydrogen-bond acceptors (Lipinski definition) is 2. The quantitative estimate of drug-likeness (QED) is 0.504. The van der Waals surface area contributed by atoms with Crippen LogP contribution in [-0.4, -0.2) is 19.2 Å². The van der Waals surface area contributed by atoms with Gasteiger partial charge in [-0.3, -0.25) is 0 Å². The van der Waals surface area contributed by atoms with E-state index in [2.05, 4.69) is 18.8 Å². The molecule has 0 radical (unpaired) electrons. The van der Waals surface area contributed by atoms with E-state index in [4.69, 9.17) is 4.74 Å². The highest BCUT2D eigenvalue weighted by molar-refractivity contribution is 4.79. The molecule has 0 spiro atoms. The Bertz CT molecular complexity index is 147. The van der Waals surface area contributed by atoms with Gasteiger partial charge in [0.25, 0.3) is 0 Å². The van der Waals surface area contributed by atoms with Gasteiger partial charge >= 0.3 is 0 Å².